The number of rotatable bonds is 2. The summed E-state index contributed by atoms with van der Waals surface area (Å²) in [6.45, 7) is 0.425. The van der Waals surface area contributed by atoms with E-state index in [-0.39, 0.29) is 0 Å². The second-order valence-corrected chi connectivity index (χ2v) is 4.30. The van der Waals surface area contributed by atoms with Crippen molar-refractivity contribution in [1.82, 2.24) is 0 Å². The van der Waals surface area contributed by atoms with E-state index in [4.69, 9.17) is 28.9 Å². The van der Waals surface area contributed by atoms with Crippen molar-refractivity contribution < 1.29 is 0 Å². The minimum absolute atomic E-state index is 0.425. The summed E-state index contributed by atoms with van der Waals surface area (Å²) in [7, 11) is 0. The van der Waals surface area contributed by atoms with Crippen LogP contribution in [0.3, 0.4) is 0 Å². The number of nitrogens with two attached hydrogens (primary N) is 1. The zero-order chi connectivity index (χ0) is 11.5. The van der Waals surface area contributed by atoms with Gasteiger partial charge in [0.15, 0.2) is 0 Å². The molecule has 0 unspecified atom stereocenters. The lowest BCUT2D eigenvalue weighted by molar-refractivity contribution is 1.07. The van der Waals surface area contributed by atoms with E-state index in [1.165, 1.54) is 0 Å². The standard InChI is InChI=1S/C13H10Cl2N/c14-12-3-1-2-10(6-12)11-4-9(8-16)5-13(15)7-11/h1-4,6-7H,8,16H2. The van der Waals surface area contributed by atoms with E-state index >= 15 is 0 Å². The molecule has 3 heteroatoms. The predicted molar refractivity (Wildman–Crippen MR) is 68.6 cm³/mol. The summed E-state index contributed by atoms with van der Waals surface area (Å²) in [5.74, 6) is 0. The summed E-state index contributed by atoms with van der Waals surface area (Å²) in [6, 6.07) is 14.4. The molecule has 1 radical (unpaired) electrons. The van der Waals surface area contributed by atoms with Crippen LogP contribution in [-0.4, -0.2) is 0 Å². The van der Waals surface area contributed by atoms with Crippen molar-refractivity contribution in [2.45, 2.75) is 6.54 Å². The number of benzene rings is 2. The molecule has 0 fully saturated rings. The Kier molecular flexibility index (Phi) is 3.49. The second kappa shape index (κ2) is 4.88. The van der Waals surface area contributed by atoms with Gasteiger partial charge in [0.05, 0.1) is 0 Å². The normalized spacial score (nSPS) is 10.4. The minimum Gasteiger partial charge on any atom is -0.326 e. The minimum atomic E-state index is 0.425. The highest BCUT2D eigenvalue weighted by atomic mass is 35.5. The first-order valence-electron chi connectivity index (χ1n) is 4.87. The van der Waals surface area contributed by atoms with E-state index in [2.05, 4.69) is 6.07 Å². The van der Waals surface area contributed by atoms with Crippen molar-refractivity contribution in [3.05, 3.63) is 58.1 Å². The summed E-state index contributed by atoms with van der Waals surface area (Å²) >= 11 is 11.9. The maximum Gasteiger partial charge on any atom is 0.0494 e. The van der Waals surface area contributed by atoms with E-state index in [0.29, 0.717) is 16.6 Å². The van der Waals surface area contributed by atoms with Gasteiger partial charge >= 0.3 is 0 Å². The number of halogens is 2. The van der Waals surface area contributed by atoms with Crippen molar-refractivity contribution in [2.24, 2.45) is 5.73 Å². The molecule has 2 aromatic carbocycles. The van der Waals surface area contributed by atoms with Gasteiger partial charge in [0, 0.05) is 22.7 Å². The van der Waals surface area contributed by atoms with Gasteiger partial charge in [-0.2, -0.15) is 0 Å². The smallest absolute Gasteiger partial charge is 0.0494 e. The van der Waals surface area contributed by atoms with Crippen molar-refractivity contribution in [2.75, 3.05) is 0 Å². The maximum atomic E-state index is 5.97. The van der Waals surface area contributed by atoms with Crippen LogP contribution in [0, 0.1) is 6.07 Å². The van der Waals surface area contributed by atoms with Gasteiger partial charge in [-0.1, -0.05) is 35.3 Å². The van der Waals surface area contributed by atoms with Crippen LogP contribution in [0.4, 0.5) is 0 Å². The van der Waals surface area contributed by atoms with Crippen LogP contribution in [-0.2, 0) is 6.54 Å². The van der Waals surface area contributed by atoms with Gasteiger partial charge in [0.2, 0.25) is 0 Å². The molecule has 0 aliphatic rings. The molecule has 0 saturated carbocycles. The molecule has 1 nitrogen and oxygen atoms in total. The fraction of sp³-hybridized carbons (Fsp3) is 0.0769. The highest BCUT2D eigenvalue weighted by molar-refractivity contribution is 6.31. The van der Waals surface area contributed by atoms with Crippen LogP contribution in [0.25, 0.3) is 11.1 Å². The molecule has 0 spiro atoms. The van der Waals surface area contributed by atoms with Crippen molar-refractivity contribution in [3.63, 3.8) is 0 Å². The molecule has 81 valence electrons. The fourth-order valence-corrected chi connectivity index (χ4v) is 1.97. The molecule has 16 heavy (non-hydrogen) atoms. The Morgan fingerprint density at radius 1 is 1.06 bits per heavy atom. The van der Waals surface area contributed by atoms with Gasteiger partial charge in [-0.3, -0.25) is 0 Å². The lowest BCUT2D eigenvalue weighted by atomic mass is 10.0. The third kappa shape index (κ3) is 2.56. The Balaban J connectivity index is 2.51. The fourth-order valence-electron chi connectivity index (χ4n) is 1.54. The van der Waals surface area contributed by atoms with E-state index in [0.717, 1.165) is 16.7 Å². The monoisotopic (exact) mass is 250 g/mol. The number of hydrogen-bond donors (Lipinski definition) is 1. The molecular formula is C13H10Cl2N. The first-order valence-corrected chi connectivity index (χ1v) is 5.62. The highest BCUT2D eigenvalue weighted by Crippen LogP contribution is 2.26. The molecule has 0 aliphatic carbocycles. The van der Waals surface area contributed by atoms with Gasteiger partial charge in [0.25, 0.3) is 0 Å². The average Bonchev–Trinajstić information content (AvgIpc) is 2.28. The summed E-state index contributed by atoms with van der Waals surface area (Å²) in [5, 5.41) is 1.27. The predicted octanol–water partition coefficient (Wildman–Crippen LogP) is 3.92. The van der Waals surface area contributed by atoms with Gasteiger partial charge in [0.1, 0.15) is 0 Å². The van der Waals surface area contributed by atoms with Crippen molar-refractivity contribution >= 4 is 23.2 Å². The van der Waals surface area contributed by atoms with Crippen LogP contribution < -0.4 is 5.73 Å². The zero-order valence-corrected chi connectivity index (χ0v) is 10.0. The Labute approximate surface area is 105 Å². The van der Waals surface area contributed by atoms with Gasteiger partial charge < -0.3 is 5.73 Å². The van der Waals surface area contributed by atoms with Gasteiger partial charge in [-0.05, 0) is 41.0 Å². The van der Waals surface area contributed by atoms with Gasteiger partial charge in [-0.15, -0.1) is 0 Å². The topological polar surface area (TPSA) is 26.0 Å². The molecule has 2 rings (SSSR count). The van der Waals surface area contributed by atoms with Crippen molar-refractivity contribution in [1.29, 1.82) is 0 Å². The largest absolute Gasteiger partial charge is 0.326 e. The Hall–Kier alpha value is -1.02. The van der Waals surface area contributed by atoms with Gasteiger partial charge in [-0.25, -0.2) is 0 Å². The zero-order valence-electron chi connectivity index (χ0n) is 8.50. The lowest BCUT2D eigenvalue weighted by Crippen LogP contribution is -1.96. The van der Waals surface area contributed by atoms with Crippen LogP contribution in [0.5, 0.6) is 0 Å². The number of hydrogen-bond acceptors (Lipinski definition) is 1. The Morgan fingerprint density at radius 3 is 2.56 bits per heavy atom. The van der Waals surface area contributed by atoms with Crippen LogP contribution in [0.2, 0.25) is 10.0 Å². The third-order valence-corrected chi connectivity index (χ3v) is 2.71. The van der Waals surface area contributed by atoms with Crippen LogP contribution in [0.15, 0.2) is 36.4 Å². The van der Waals surface area contributed by atoms with E-state index < -0.39 is 0 Å². The van der Waals surface area contributed by atoms with E-state index in [9.17, 15) is 0 Å². The summed E-state index contributed by atoms with van der Waals surface area (Å²) in [6.07, 6.45) is 0. The van der Waals surface area contributed by atoms with Crippen LogP contribution in [0.1, 0.15) is 5.56 Å². The maximum absolute atomic E-state index is 5.97. The Morgan fingerprint density at radius 2 is 1.88 bits per heavy atom. The summed E-state index contributed by atoms with van der Waals surface area (Å²) < 4.78 is 0. The lowest BCUT2D eigenvalue weighted by Gasteiger charge is -2.05. The molecule has 0 amide bonds. The molecule has 0 saturated heterocycles. The SMILES string of the molecule is NCc1[c]c(Cl)cc(-c2cccc(Cl)c2)c1. The molecule has 0 bridgehead atoms. The summed E-state index contributed by atoms with van der Waals surface area (Å²) in [5.41, 5.74) is 8.50. The molecular weight excluding hydrogens is 241 g/mol. The quantitative estimate of drug-likeness (QED) is 0.860. The molecule has 0 aromatic heterocycles. The molecule has 0 heterocycles. The highest BCUT2D eigenvalue weighted by Gasteiger charge is 2.02. The first kappa shape index (κ1) is 11.5. The average molecular weight is 251 g/mol. The molecule has 0 aliphatic heterocycles. The Bertz CT molecular complexity index is 509. The van der Waals surface area contributed by atoms with Crippen molar-refractivity contribution in [3.8, 4) is 11.1 Å². The molecule has 0 atom stereocenters. The molecule has 2 N–H and O–H groups in total. The third-order valence-electron chi connectivity index (χ3n) is 2.27. The van der Waals surface area contributed by atoms with E-state index in [1.54, 1.807) is 0 Å². The summed E-state index contributed by atoms with van der Waals surface area (Å²) in [4.78, 5) is 0. The van der Waals surface area contributed by atoms with Crippen LogP contribution >= 0.6 is 23.2 Å². The second-order valence-electron chi connectivity index (χ2n) is 3.46. The first-order chi connectivity index (χ1) is 7.69. The molecule has 2 aromatic rings. The van der Waals surface area contributed by atoms with E-state index in [1.807, 2.05) is 36.4 Å².